The zero-order chi connectivity index (χ0) is 11.5. The van der Waals surface area contributed by atoms with Crippen molar-refractivity contribution in [2.45, 2.75) is 13.0 Å². The second kappa shape index (κ2) is 4.89. The van der Waals surface area contributed by atoms with E-state index in [1.54, 1.807) is 6.20 Å². The molecule has 84 valence electrons. The predicted molar refractivity (Wildman–Crippen MR) is 69.8 cm³/mol. The van der Waals surface area contributed by atoms with Gasteiger partial charge in [-0.25, -0.2) is 0 Å². The third-order valence-electron chi connectivity index (χ3n) is 2.29. The molecule has 0 fully saturated rings. The fraction of sp³-hybridized carbons (Fsp3) is 0.182. The number of aromatic nitrogens is 2. The Bertz CT molecular complexity index is 470. The minimum absolute atomic E-state index is 0.167. The summed E-state index contributed by atoms with van der Waals surface area (Å²) in [5, 5.41) is 10.9. The van der Waals surface area contributed by atoms with Gasteiger partial charge in [-0.15, -0.1) is 0 Å². The molecular formula is C11H11BrClN3. The lowest BCUT2D eigenvalue weighted by Crippen LogP contribution is -2.07. The Kier molecular flexibility index (Phi) is 3.51. The molecule has 3 nitrogen and oxygen atoms in total. The Morgan fingerprint density at radius 2 is 2.25 bits per heavy atom. The largest absolute Gasteiger partial charge is 0.376 e. The molecule has 0 saturated carbocycles. The van der Waals surface area contributed by atoms with Gasteiger partial charge in [0.15, 0.2) is 0 Å². The summed E-state index contributed by atoms with van der Waals surface area (Å²) in [6.07, 6.45) is 1.74. The molecule has 2 N–H and O–H groups in total. The van der Waals surface area contributed by atoms with Crippen LogP contribution in [-0.2, 0) is 0 Å². The smallest absolute Gasteiger partial charge is 0.0651 e. The maximum Gasteiger partial charge on any atom is 0.0651 e. The molecule has 2 aromatic rings. The molecule has 16 heavy (non-hydrogen) atoms. The van der Waals surface area contributed by atoms with Gasteiger partial charge in [0.1, 0.15) is 0 Å². The van der Waals surface area contributed by atoms with Crippen molar-refractivity contribution in [3.8, 4) is 0 Å². The van der Waals surface area contributed by atoms with Crippen molar-refractivity contribution in [2.24, 2.45) is 0 Å². The lowest BCUT2D eigenvalue weighted by molar-refractivity contribution is 0.825. The van der Waals surface area contributed by atoms with Crippen LogP contribution in [0.25, 0.3) is 0 Å². The number of nitrogens with zero attached hydrogens (tertiary/aromatic N) is 1. The summed E-state index contributed by atoms with van der Waals surface area (Å²) >= 11 is 9.35. The van der Waals surface area contributed by atoms with E-state index >= 15 is 0 Å². The van der Waals surface area contributed by atoms with Crippen LogP contribution in [-0.4, -0.2) is 10.2 Å². The monoisotopic (exact) mass is 299 g/mol. The average Bonchev–Trinajstić information content (AvgIpc) is 2.75. The van der Waals surface area contributed by atoms with Gasteiger partial charge < -0.3 is 5.32 Å². The van der Waals surface area contributed by atoms with Crippen molar-refractivity contribution < 1.29 is 0 Å². The Morgan fingerprint density at radius 1 is 1.44 bits per heavy atom. The second-order valence-corrected chi connectivity index (χ2v) is 4.79. The van der Waals surface area contributed by atoms with Crippen LogP contribution in [0.2, 0.25) is 5.02 Å². The van der Waals surface area contributed by atoms with Crippen LogP contribution in [0.5, 0.6) is 0 Å². The third kappa shape index (κ3) is 2.57. The summed E-state index contributed by atoms with van der Waals surface area (Å²) in [5.74, 6) is 0. The van der Waals surface area contributed by atoms with Crippen LogP contribution in [0.3, 0.4) is 0 Å². The van der Waals surface area contributed by atoms with E-state index in [0.29, 0.717) is 5.02 Å². The third-order valence-corrected chi connectivity index (χ3v) is 3.18. The molecule has 0 aliphatic rings. The summed E-state index contributed by atoms with van der Waals surface area (Å²) in [6, 6.07) is 7.78. The molecule has 5 heteroatoms. The first-order valence-corrected chi connectivity index (χ1v) is 6.05. The van der Waals surface area contributed by atoms with Gasteiger partial charge >= 0.3 is 0 Å². The molecule has 0 aliphatic carbocycles. The van der Waals surface area contributed by atoms with Gasteiger partial charge in [0, 0.05) is 21.4 Å². The lowest BCUT2D eigenvalue weighted by Gasteiger charge is -2.15. The second-order valence-electron chi connectivity index (χ2n) is 3.50. The number of hydrogen-bond acceptors (Lipinski definition) is 2. The first-order valence-electron chi connectivity index (χ1n) is 4.87. The van der Waals surface area contributed by atoms with Gasteiger partial charge in [-0.05, 0) is 47.1 Å². The summed E-state index contributed by atoms with van der Waals surface area (Å²) in [4.78, 5) is 0. The van der Waals surface area contributed by atoms with Gasteiger partial charge in [0.2, 0.25) is 0 Å². The van der Waals surface area contributed by atoms with Crippen molar-refractivity contribution in [3.05, 3.63) is 45.7 Å². The van der Waals surface area contributed by atoms with Gasteiger partial charge in [-0.2, -0.15) is 5.10 Å². The van der Waals surface area contributed by atoms with E-state index < -0.39 is 0 Å². The Morgan fingerprint density at radius 3 is 2.88 bits per heavy atom. The van der Waals surface area contributed by atoms with Crippen LogP contribution >= 0.6 is 27.5 Å². The Balaban J connectivity index is 2.15. The van der Waals surface area contributed by atoms with E-state index in [2.05, 4.69) is 38.4 Å². The molecule has 0 spiro atoms. The fourth-order valence-electron chi connectivity index (χ4n) is 1.43. The average molecular weight is 301 g/mol. The van der Waals surface area contributed by atoms with Gasteiger partial charge in [-0.1, -0.05) is 11.6 Å². The number of nitrogens with one attached hydrogen (secondary N) is 2. The molecule has 0 saturated heterocycles. The van der Waals surface area contributed by atoms with Crippen LogP contribution in [0.15, 0.2) is 34.9 Å². The summed E-state index contributed by atoms with van der Waals surface area (Å²) in [6.45, 7) is 2.06. The number of H-pyrrole nitrogens is 1. The van der Waals surface area contributed by atoms with Crippen LogP contribution in [0, 0.1) is 0 Å². The SMILES string of the molecule is CC(Nc1ccc(Cl)cc1Br)c1ccn[nH]1. The number of anilines is 1. The molecule has 1 atom stereocenters. The molecule has 1 aromatic heterocycles. The maximum absolute atomic E-state index is 5.88. The molecule has 0 amide bonds. The number of halogens is 2. The van der Waals surface area contributed by atoms with Crippen molar-refractivity contribution >= 4 is 33.2 Å². The number of aromatic amines is 1. The minimum Gasteiger partial charge on any atom is -0.376 e. The summed E-state index contributed by atoms with van der Waals surface area (Å²) < 4.78 is 0.950. The van der Waals surface area contributed by atoms with E-state index in [0.717, 1.165) is 15.9 Å². The van der Waals surface area contributed by atoms with Crippen LogP contribution in [0.1, 0.15) is 18.7 Å². The number of benzene rings is 1. The summed E-state index contributed by atoms with van der Waals surface area (Å²) in [5.41, 5.74) is 2.05. The first kappa shape index (κ1) is 11.5. The van der Waals surface area contributed by atoms with E-state index in [1.807, 2.05) is 24.3 Å². The standard InChI is InChI=1S/C11H11BrClN3/c1-7(10-4-5-14-16-10)15-11-3-2-8(13)6-9(11)12/h2-7,15H,1H3,(H,14,16). The van der Waals surface area contributed by atoms with E-state index in [9.17, 15) is 0 Å². The highest BCUT2D eigenvalue weighted by Crippen LogP contribution is 2.28. The summed E-state index contributed by atoms with van der Waals surface area (Å²) in [7, 11) is 0. The lowest BCUT2D eigenvalue weighted by atomic mass is 10.2. The van der Waals surface area contributed by atoms with E-state index in [4.69, 9.17) is 11.6 Å². The minimum atomic E-state index is 0.167. The van der Waals surface area contributed by atoms with Gasteiger partial charge in [0.25, 0.3) is 0 Å². The van der Waals surface area contributed by atoms with E-state index in [1.165, 1.54) is 0 Å². The van der Waals surface area contributed by atoms with Crippen LogP contribution in [0.4, 0.5) is 5.69 Å². The first-order chi connectivity index (χ1) is 7.66. The van der Waals surface area contributed by atoms with E-state index in [-0.39, 0.29) is 6.04 Å². The molecule has 0 bridgehead atoms. The molecule has 1 aromatic carbocycles. The molecule has 0 radical (unpaired) electrons. The Labute approximate surface area is 107 Å². The fourth-order valence-corrected chi connectivity index (χ4v) is 2.22. The number of rotatable bonds is 3. The molecule has 0 aliphatic heterocycles. The molecular weight excluding hydrogens is 289 g/mol. The van der Waals surface area contributed by atoms with Gasteiger partial charge in [-0.3, -0.25) is 5.10 Å². The normalized spacial score (nSPS) is 12.4. The topological polar surface area (TPSA) is 40.7 Å². The number of hydrogen-bond donors (Lipinski definition) is 2. The Hall–Kier alpha value is -1.00. The zero-order valence-corrected chi connectivity index (χ0v) is 11.0. The van der Waals surface area contributed by atoms with Gasteiger partial charge in [0.05, 0.1) is 11.7 Å². The molecule has 1 unspecified atom stereocenters. The quantitative estimate of drug-likeness (QED) is 0.899. The molecule has 1 heterocycles. The highest BCUT2D eigenvalue weighted by molar-refractivity contribution is 9.10. The highest BCUT2D eigenvalue weighted by Gasteiger charge is 2.08. The van der Waals surface area contributed by atoms with Crippen LogP contribution < -0.4 is 5.32 Å². The van der Waals surface area contributed by atoms with Crippen molar-refractivity contribution in [1.82, 2.24) is 10.2 Å². The highest BCUT2D eigenvalue weighted by atomic mass is 79.9. The zero-order valence-electron chi connectivity index (χ0n) is 8.67. The van der Waals surface area contributed by atoms with Crippen molar-refractivity contribution in [2.75, 3.05) is 5.32 Å². The molecule has 2 rings (SSSR count). The maximum atomic E-state index is 5.88. The van der Waals surface area contributed by atoms with Crippen molar-refractivity contribution in [1.29, 1.82) is 0 Å². The predicted octanol–water partition coefficient (Wildman–Crippen LogP) is 4.00. The van der Waals surface area contributed by atoms with Crippen molar-refractivity contribution in [3.63, 3.8) is 0 Å².